The van der Waals surface area contributed by atoms with Gasteiger partial charge in [0, 0.05) is 5.02 Å². The summed E-state index contributed by atoms with van der Waals surface area (Å²) in [5.41, 5.74) is 6.81. The summed E-state index contributed by atoms with van der Waals surface area (Å²) in [6.07, 6.45) is 0.549. The maximum absolute atomic E-state index is 13.1. The number of halogens is 4. The summed E-state index contributed by atoms with van der Waals surface area (Å²) in [7, 11) is 0. The van der Waals surface area contributed by atoms with Gasteiger partial charge in [0.05, 0.1) is 5.02 Å². The molecule has 0 saturated carbocycles. The molecule has 2 aromatic rings. The van der Waals surface area contributed by atoms with Crippen LogP contribution in [0.15, 0.2) is 30.3 Å². The quantitative estimate of drug-likeness (QED) is 0.883. The van der Waals surface area contributed by atoms with Crippen LogP contribution in [0.2, 0.25) is 10.0 Å². The lowest BCUT2D eigenvalue weighted by Crippen LogP contribution is -2.06. The third-order valence-corrected chi connectivity index (χ3v) is 3.37. The van der Waals surface area contributed by atoms with Crippen molar-refractivity contribution < 1.29 is 13.5 Å². The van der Waals surface area contributed by atoms with Crippen LogP contribution in [0.3, 0.4) is 0 Å². The largest absolute Gasteiger partial charge is 0.487 e. The molecule has 6 heteroatoms. The Bertz CT molecular complexity index is 650. The SMILES string of the molecule is NCCc1cc(Cl)cc(Cl)c1OCc1ccc(F)c(F)c1. The van der Waals surface area contributed by atoms with E-state index in [1.54, 1.807) is 12.1 Å². The highest BCUT2D eigenvalue weighted by Gasteiger charge is 2.11. The van der Waals surface area contributed by atoms with Crippen molar-refractivity contribution in [3.8, 4) is 5.75 Å². The molecule has 0 heterocycles. The molecular weight excluding hydrogens is 319 g/mol. The number of benzene rings is 2. The molecule has 0 aliphatic rings. The standard InChI is InChI=1S/C15H13Cl2F2NO/c16-11-6-10(3-4-20)15(12(17)7-11)21-8-9-1-2-13(18)14(19)5-9/h1-2,5-7H,3-4,8,20H2. The van der Waals surface area contributed by atoms with Gasteiger partial charge in [0.1, 0.15) is 12.4 Å². The molecule has 112 valence electrons. The lowest BCUT2D eigenvalue weighted by molar-refractivity contribution is 0.302. The zero-order valence-electron chi connectivity index (χ0n) is 11.0. The van der Waals surface area contributed by atoms with Crippen LogP contribution in [0.4, 0.5) is 8.78 Å². The molecule has 0 atom stereocenters. The van der Waals surface area contributed by atoms with Gasteiger partial charge in [0.25, 0.3) is 0 Å². The van der Waals surface area contributed by atoms with E-state index in [2.05, 4.69) is 0 Å². The minimum atomic E-state index is -0.916. The van der Waals surface area contributed by atoms with Gasteiger partial charge in [-0.1, -0.05) is 29.3 Å². The first-order valence-electron chi connectivity index (χ1n) is 6.26. The van der Waals surface area contributed by atoms with Gasteiger partial charge < -0.3 is 10.5 Å². The Hall–Kier alpha value is -1.36. The summed E-state index contributed by atoms with van der Waals surface area (Å²) in [6.45, 7) is 0.480. The summed E-state index contributed by atoms with van der Waals surface area (Å²) in [5, 5.41) is 0.845. The highest BCUT2D eigenvalue weighted by atomic mass is 35.5. The van der Waals surface area contributed by atoms with Crippen molar-refractivity contribution >= 4 is 23.2 Å². The van der Waals surface area contributed by atoms with Crippen LogP contribution < -0.4 is 10.5 Å². The average molecular weight is 332 g/mol. The number of nitrogens with two attached hydrogens (primary N) is 1. The molecule has 2 rings (SSSR count). The Morgan fingerprint density at radius 3 is 2.48 bits per heavy atom. The van der Waals surface area contributed by atoms with Crippen molar-refractivity contribution in [2.75, 3.05) is 6.54 Å². The molecule has 0 spiro atoms. The van der Waals surface area contributed by atoms with Crippen LogP contribution in [0.25, 0.3) is 0 Å². The Morgan fingerprint density at radius 1 is 1.05 bits per heavy atom. The first-order chi connectivity index (χ1) is 10.0. The molecule has 0 amide bonds. The van der Waals surface area contributed by atoms with Gasteiger partial charge >= 0.3 is 0 Å². The van der Waals surface area contributed by atoms with Crippen LogP contribution in [-0.2, 0) is 13.0 Å². The van der Waals surface area contributed by atoms with E-state index < -0.39 is 11.6 Å². The average Bonchev–Trinajstić information content (AvgIpc) is 2.42. The molecule has 21 heavy (non-hydrogen) atoms. The first-order valence-corrected chi connectivity index (χ1v) is 7.01. The fourth-order valence-corrected chi connectivity index (χ4v) is 2.49. The van der Waals surface area contributed by atoms with E-state index in [1.807, 2.05) is 0 Å². The molecular formula is C15H13Cl2F2NO. The molecule has 0 radical (unpaired) electrons. The summed E-state index contributed by atoms with van der Waals surface area (Å²) < 4.78 is 31.6. The van der Waals surface area contributed by atoms with E-state index in [4.69, 9.17) is 33.7 Å². The molecule has 0 fully saturated rings. The van der Waals surface area contributed by atoms with E-state index >= 15 is 0 Å². The second-order valence-electron chi connectivity index (χ2n) is 4.45. The van der Waals surface area contributed by atoms with Crippen molar-refractivity contribution in [1.29, 1.82) is 0 Å². The van der Waals surface area contributed by atoms with Crippen LogP contribution >= 0.6 is 23.2 Å². The van der Waals surface area contributed by atoms with E-state index in [0.717, 1.165) is 17.7 Å². The monoisotopic (exact) mass is 331 g/mol. The van der Waals surface area contributed by atoms with E-state index in [9.17, 15) is 8.78 Å². The lowest BCUT2D eigenvalue weighted by Gasteiger charge is -2.13. The van der Waals surface area contributed by atoms with Gasteiger partial charge in [-0.05, 0) is 48.4 Å². The normalized spacial score (nSPS) is 10.7. The van der Waals surface area contributed by atoms with E-state index in [-0.39, 0.29) is 6.61 Å². The predicted octanol–water partition coefficient (Wildman–Crippen LogP) is 4.35. The van der Waals surface area contributed by atoms with Gasteiger partial charge in [0.2, 0.25) is 0 Å². The molecule has 2 aromatic carbocycles. The topological polar surface area (TPSA) is 35.2 Å². The van der Waals surface area contributed by atoms with Crippen molar-refractivity contribution in [3.63, 3.8) is 0 Å². The zero-order valence-corrected chi connectivity index (χ0v) is 12.5. The minimum absolute atomic E-state index is 0.0656. The van der Waals surface area contributed by atoms with Gasteiger partial charge in [-0.25, -0.2) is 8.78 Å². The zero-order chi connectivity index (χ0) is 15.4. The Labute approximate surface area is 131 Å². The Morgan fingerprint density at radius 2 is 1.81 bits per heavy atom. The van der Waals surface area contributed by atoms with Crippen molar-refractivity contribution in [3.05, 3.63) is 63.1 Å². The van der Waals surface area contributed by atoms with Crippen molar-refractivity contribution in [1.82, 2.24) is 0 Å². The molecule has 0 bridgehead atoms. The number of rotatable bonds is 5. The molecule has 0 aliphatic carbocycles. The van der Waals surface area contributed by atoms with Crippen LogP contribution in [0.5, 0.6) is 5.75 Å². The van der Waals surface area contributed by atoms with Crippen LogP contribution in [0.1, 0.15) is 11.1 Å². The number of ether oxygens (including phenoxy) is 1. The molecule has 0 aliphatic heterocycles. The van der Waals surface area contributed by atoms with Crippen LogP contribution in [-0.4, -0.2) is 6.54 Å². The minimum Gasteiger partial charge on any atom is -0.487 e. The maximum Gasteiger partial charge on any atom is 0.159 e. The Balaban J connectivity index is 2.20. The molecule has 0 aromatic heterocycles. The van der Waals surface area contributed by atoms with Crippen molar-refractivity contribution in [2.24, 2.45) is 5.73 Å². The molecule has 0 unspecified atom stereocenters. The molecule has 2 nitrogen and oxygen atoms in total. The van der Waals surface area contributed by atoms with E-state index in [1.165, 1.54) is 6.07 Å². The van der Waals surface area contributed by atoms with Gasteiger partial charge in [-0.3, -0.25) is 0 Å². The summed E-state index contributed by atoms with van der Waals surface area (Å²) in [4.78, 5) is 0. The fourth-order valence-electron chi connectivity index (χ4n) is 1.90. The highest BCUT2D eigenvalue weighted by Crippen LogP contribution is 2.33. The van der Waals surface area contributed by atoms with Crippen molar-refractivity contribution in [2.45, 2.75) is 13.0 Å². The number of hydrogen-bond donors (Lipinski definition) is 1. The van der Waals surface area contributed by atoms with Crippen LogP contribution in [0, 0.1) is 11.6 Å². The summed E-state index contributed by atoms with van der Waals surface area (Å²) in [5.74, 6) is -1.36. The second kappa shape index (κ2) is 7.07. The van der Waals surface area contributed by atoms with E-state index in [0.29, 0.717) is 34.3 Å². The van der Waals surface area contributed by atoms with Gasteiger partial charge in [-0.2, -0.15) is 0 Å². The van der Waals surface area contributed by atoms with Gasteiger partial charge in [-0.15, -0.1) is 0 Å². The Kier molecular flexibility index (Phi) is 5.39. The summed E-state index contributed by atoms with van der Waals surface area (Å²) >= 11 is 12.0. The molecule has 2 N–H and O–H groups in total. The number of hydrogen-bond acceptors (Lipinski definition) is 2. The summed E-state index contributed by atoms with van der Waals surface area (Å²) in [6, 6.07) is 6.87. The predicted molar refractivity (Wildman–Crippen MR) is 79.9 cm³/mol. The first kappa shape index (κ1) is 16.0. The highest BCUT2D eigenvalue weighted by molar-refractivity contribution is 6.35. The smallest absolute Gasteiger partial charge is 0.159 e. The van der Waals surface area contributed by atoms with Gasteiger partial charge in [0.15, 0.2) is 11.6 Å². The third kappa shape index (κ3) is 4.06. The maximum atomic E-state index is 13.1. The molecule has 0 saturated heterocycles. The lowest BCUT2D eigenvalue weighted by atomic mass is 10.1. The second-order valence-corrected chi connectivity index (χ2v) is 5.30. The third-order valence-electron chi connectivity index (χ3n) is 2.87. The fraction of sp³-hybridized carbons (Fsp3) is 0.200.